The average Bonchev–Trinajstić information content (AvgIpc) is 3.67. The molecule has 2 aliphatic heterocycles. The van der Waals surface area contributed by atoms with Crippen LogP contribution < -0.4 is 10.2 Å². The van der Waals surface area contributed by atoms with Crippen molar-refractivity contribution in [3.8, 4) is 6.07 Å². The SMILES string of the molecule is CN(C(=O)OC(C)(C)C)c1cccc(S(=O)(=O)N(C[C@H](O)[C@H](Cc2ccccc2)NC(=O)O[C@H]2CO[C@H]3OCC[C@H]32)CC(C)(C)CCC#N)c1. The summed E-state index contributed by atoms with van der Waals surface area (Å²) < 4.78 is 52.3. The second-order valence-corrected chi connectivity index (χ2v) is 16.6. The Balaban J connectivity index is 1.61. The van der Waals surface area contributed by atoms with Crippen molar-refractivity contribution in [3.05, 3.63) is 60.2 Å². The van der Waals surface area contributed by atoms with E-state index in [4.69, 9.17) is 18.9 Å². The van der Waals surface area contributed by atoms with Gasteiger partial charge in [0.05, 0.1) is 42.2 Å². The molecule has 4 rings (SSSR count). The number of nitrogens with zero attached hydrogens (tertiary/aromatic N) is 3. The highest BCUT2D eigenvalue weighted by Gasteiger charge is 2.44. The summed E-state index contributed by atoms with van der Waals surface area (Å²) in [5, 5.41) is 23.8. The number of nitriles is 1. The van der Waals surface area contributed by atoms with Crippen molar-refractivity contribution < 1.29 is 42.1 Å². The number of rotatable bonds is 14. The highest BCUT2D eigenvalue weighted by molar-refractivity contribution is 7.89. The van der Waals surface area contributed by atoms with E-state index in [9.17, 15) is 28.4 Å². The van der Waals surface area contributed by atoms with E-state index in [-0.39, 0.29) is 43.4 Å². The maximum atomic E-state index is 14.4. The Morgan fingerprint density at radius 1 is 1.10 bits per heavy atom. The Morgan fingerprint density at radius 3 is 2.50 bits per heavy atom. The van der Waals surface area contributed by atoms with Crippen molar-refractivity contribution in [1.82, 2.24) is 9.62 Å². The number of benzene rings is 2. The van der Waals surface area contributed by atoms with E-state index in [2.05, 4.69) is 11.4 Å². The standard InChI is InChI=1S/C36H50N4O9S/c1-35(2,3)49-34(43)39(6)26-14-10-15-27(21-26)50(44,45)40(24-36(4,5)17-11-18-37)22-30(41)29(20-25-12-8-7-9-13-25)38-33(42)48-31-23-47-32-28(31)16-19-46-32/h7-10,12-15,21,28-32,41H,11,16-17,19-20,22-24H2,1-6H3,(H,38,42)/t28-,29-,30-,31-,32+/m0/s1. The fourth-order valence-electron chi connectivity index (χ4n) is 5.99. The topological polar surface area (TPSA) is 168 Å². The monoisotopic (exact) mass is 714 g/mol. The van der Waals surface area contributed by atoms with Crippen LogP contribution in [0.4, 0.5) is 15.3 Å². The average molecular weight is 715 g/mol. The van der Waals surface area contributed by atoms with Gasteiger partial charge in [-0.25, -0.2) is 18.0 Å². The van der Waals surface area contributed by atoms with Gasteiger partial charge < -0.3 is 29.4 Å². The normalized spacial score (nSPS) is 20.4. The molecule has 2 aliphatic rings. The molecular formula is C36H50N4O9S. The predicted molar refractivity (Wildman–Crippen MR) is 186 cm³/mol. The smallest absolute Gasteiger partial charge is 0.414 e. The van der Waals surface area contributed by atoms with Crippen LogP contribution in [0.1, 0.15) is 59.4 Å². The summed E-state index contributed by atoms with van der Waals surface area (Å²) in [5.74, 6) is -0.0837. The van der Waals surface area contributed by atoms with Crippen LogP contribution in [0.2, 0.25) is 0 Å². The molecule has 2 saturated heterocycles. The van der Waals surface area contributed by atoms with Gasteiger partial charge in [0.2, 0.25) is 10.0 Å². The molecule has 2 N–H and O–H groups in total. The van der Waals surface area contributed by atoms with Crippen LogP contribution in [0.15, 0.2) is 59.5 Å². The van der Waals surface area contributed by atoms with Crippen LogP contribution in [0, 0.1) is 22.7 Å². The lowest BCUT2D eigenvalue weighted by Crippen LogP contribution is -2.52. The highest BCUT2D eigenvalue weighted by Crippen LogP contribution is 2.33. The quantitative estimate of drug-likeness (QED) is 0.276. The van der Waals surface area contributed by atoms with Gasteiger partial charge in [0, 0.05) is 32.2 Å². The molecule has 0 spiro atoms. The molecule has 2 fully saturated rings. The summed E-state index contributed by atoms with van der Waals surface area (Å²) in [5.41, 5.74) is -0.308. The van der Waals surface area contributed by atoms with Gasteiger partial charge in [0.1, 0.15) is 11.7 Å². The molecule has 13 nitrogen and oxygen atoms in total. The molecule has 274 valence electrons. The number of aliphatic hydroxyl groups is 1. The molecule has 0 saturated carbocycles. The second-order valence-electron chi connectivity index (χ2n) is 14.6. The predicted octanol–water partition coefficient (Wildman–Crippen LogP) is 4.84. The first kappa shape index (κ1) is 39.1. The molecule has 2 amide bonds. The summed E-state index contributed by atoms with van der Waals surface area (Å²) in [7, 11) is -2.81. The van der Waals surface area contributed by atoms with E-state index >= 15 is 0 Å². The Hall–Kier alpha value is -3.74. The summed E-state index contributed by atoms with van der Waals surface area (Å²) in [6.07, 6.45) is -2.21. The second kappa shape index (κ2) is 16.5. The number of sulfonamides is 1. The van der Waals surface area contributed by atoms with Crippen molar-refractivity contribution >= 4 is 27.9 Å². The third kappa shape index (κ3) is 10.6. The molecule has 0 radical (unpaired) electrons. The van der Waals surface area contributed by atoms with Crippen LogP contribution >= 0.6 is 0 Å². The molecule has 5 atom stereocenters. The first-order valence-electron chi connectivity index (χ1n) is 16.9. The minimum atomic E-state index is -4.30. The van der Waals surface area contributed by atoms with E-state index in [0.717, 1.165) is 5.56 Å². The molecule has 50 heavy (non-hydrogen) atoms. The fraction of sp³-hybridized carbons (Fsp3) is 0.583. The molecule has 2 aromatic carbocycles. The van der Waals surface area contributed by atoms with Gasteiger partial charge in [-0.2, -0.15) is 9.57 Å². The maximum absolute atomic E-state index is 14.4. The van der Waals surface area contributed by atoms with Gasteiger partial charge in [-0.3, -0.25) is 4.90 Å². The van der Waals surface area contributed by atoms with Gasteiger partial charge in [-0.05, 0) is 69.2 Å². The number of nitrogens with one attached hydrogen (secondary N) is 1. The number of alkyl carbamates (subject to hydrolysis) is 1. The lowest BCUT2D eigenvalue weighted by Gasteiger charge is -2.35. The van der Waals surface area contributed by atoms with E-state index in [0.29, 0.717) is 25.1 Å². The molecule has 0 aromatic heterocycles. The van der Waals surface area contributed by atoms with Gasteiger partial charge in [-0.1, -0.05) is 50.2 Å². The number of hydrogen-bond donors (Lipinski definition) is 2. The van der Waals surface area contributed by atoms with Gasteiger partial charge in [-0.15, -0.1) is 0 Å². The van der Waals surface area contributed by atoms with Crippen LogP contribution in [0.25, 0.3) is 0 Å². The van der Waals surface area contributed by atoms with Crippen LogP contribution in [0.5, 0.6) is 0 Å². The van der Waals surface area contributed by atoms with E-state index in [1.54, 1.807) is 26.8 Å². The zero-order valence-electron chi connectivity index (χ0n) is 29.7. The number of aliphatic hydroxyl groups excluding tert-OH is 1. The van der Waals surface area contributed by atoms with Crippen molar-refractivity contribution in [1.29, 1.82) is 5.26 Å². The Kier molecular flexibility index (Phi) is 12.9. The number of anilines is 1. The third-order valence-corrected chi connectivity index (χ3v) is 10.5. The summed E-state index contributed by atoms with van der Waals surface area (Å²) >= 11 is 0. The van der Waals surface area contributed by atoms with Crippen LogP contribution in [0.3, 0.4) is 0 Å². The number of fused-ring (bicyclic) bond motifs is 1. The summed E-state index contributed by atoms with van der Waals surface area (Å²) in [6, 6.07) is 16.3. The van der Waals surface area contributed by atoms with Crippen LogP contribution in [-0.2, 0) is 35.4 Å². The summed E-state index contributed by atoms with van der Waals surface area (Å²) in [4.78, 5) is 27.2. The molecular weight excluding hydrogens is 664 g/mol. The number of ether oxygens (including phenoxy) is 4. The zero-order chi connectivity index (χ0) is 36.7. The molecule has 2 heterocycles. The molecule has 2 aromatic rings. The Morgan fingerprint density at radius 2 is 1.82 bits per heavy atom. The number of carbonyl (C=O) groups is 2. The van der Waals surface area contributed by atoms with Crippen molar-refractivity contribution in [3.63, 3.8) is 0 Å². The minimum absolute atomic E-state index is 0.0365. The molecule has 0 aliphatic carbocycles. The summed E-state index contributed by atoms with van der Waals surface area (Å²) in [6.45, 7) is 9.21. The Bertz CT molecular complexity index is 1610. The van der Waals surface area contributed by atoms with E-state index < -0.39 is 57.8 Å². The van der Waals surface area contributed by atoms with Crippen LogP contribution in [-0.4, -0.2) is 93.5 Å². The van der Waals surface area contributed by atoms with Crippen molar-refractivity contribution in [2.24, 2.45) is 11.3 Å². The van der Waals surface area contributed by atoms with Gasteiger partial charge in [0.15, 0.2) is 6.29 Å². The van der Waals surface area contributed by atoms with Crippen molar-refractivity contribution in [2.75, 3.05) is 38.3 Å². The molecule has 14 heteroatoms. The largest absolute Gasteiger partial charge is 0.443 e. The number of amides is 2. The van der Waals surface area contributed by atoms with E-state index in [1.807, 2.05) is 44.2 Å². The van der Waals surface area contributed by atoms with E-state index in [1.165, 1.54) is 34.5 Å². The maximum Gasteiger partial charge on any atom is 0.414 e. The third-order valence-electron chi connectivity index (χ3n) is 8.73. The molecule has 0 unspecified atom stereocenters. The lowest BCUT2D eigenvalue weighted by molar-refractivity contribution is -0.0907. The zero-order valence-corrected chi connectivity index (χ0v) is 30.5. The highest BCUT2D eigenvalue weighted by atomic mass is 32.2. The minimum Gasteiger partial charge on any atom is -0.443 e. The molecule has 0 bridgehead atoms. The van der Waals surface area contributed by atoms with Gasteiger partial charge in [0.25, 0.3) is 0 Å². The first-order valence-corrected chi connectivity index (χ1v) is 18.3. The number of carbonyl (C=O) groups excluding carboxylic acids is 2. The lowest BCUT2D eigenvalue weighted by atomic mass is 9.88. The van der Waals surface area contributed by atoms with Gasteiger partial charge >= 0.3 is 12.2 Å². The number of hydrogen-bond acceptors (Lipinski definition) is 10. The fourth-order valence-corrected chi connectivity index (χ4v) is 7.68. The first-order chi connectivity index (χ1) is 23.5. The Labute approximate surface area is 295 Å². The van der Waals surface area contributed by atoms with Crippen molar-refractivity contribution in [2.45, 2.75) is 95.3 Å².